The number of para-hydroxylation sites is 1. The molecule has 3 N–H and O–H groups in total. The van der Waals surface area contributed by atoms with Crippen molar-refractivity contribution in [2.45, 2.75) is 9.79 Å². The van der Waals surface area contributed by atoms with Gasteiger partial charge in [0.1, 0.15) is 0 Å². The van der Waals surface area contributed by atoms with Crippen LogP contribution in [0.15, 0.2) is 58.3 Å². The van der Waals surface area contributed by atoms with E-state index in [0.717, 1.165) is 21.2 Å². The first kappa shape index (κ1) is 14.8. The number of nitrogens with one attached hydrogen (secondary N) is 1. The molecular formula is C15H16N2OS2. The maximum Gasteiger partial charge on any atom is 0.234 e. The number of hydrogen-bond acceptors (Lipinski definition) is 4. The van der Waals surface area contributed by atoms with Gasteiger partial charge >= 0.3 is 0 Å². The van der Waals surface area contributed by atoms with Crippen LogP contribution in [0.5, 0.6) is 0 Å². The Bertz CT molecular complexity index is 585. The van der Waals surface area contributed by atoms with E-state index in [-0.39, 0.29) is 5.91 Å². The molecule has 5 heteroatoms. The van der Waals surface area contributed by atoms with Gasteiger partial charge in [-0.3, -0.25) is 4.79 Å². The molecule has 0 aliphatic carbocycles. The number of rotatable bonds is 5. The van der Waals surface area contributed by atoms with Crippen molar-refractivity contribution in [2.24, 2.45) is 0 Å². The van der Waals surface area contributed by atoms with Crippen LogP contribution < -0.4 is 11.1 Å². The van der Waals surface area contributed by atoms with Gasteiger partial charge in [0.2, 0.25) is 5.91 Å². The SMILES string of the molecule is CSc1ccccc1NC(=O)CSc1ccc(N)cc1. The number of carbonyl (C=O) groups excluding carboxylic acids is 1. The van der Waals surface area contributed by atoms with E-state index in [9.17, 15) is 4.79 Å². The molecule has 0 fully saturated rings. The number of nitrogen functional groups attached to an aromatic ring is 1. The Morgan fingerprint density at radius 1 is 1.15 bits per heavy atom. The molecule has 0 spiro atoms. The summed E-state index contributed by atoms with van der Waals surface area (Å²) in [6.07, 6.45) is 1.99. The van der Waals surface area contributed by atoms with Crippen molar-refractivity contribution in [3.63, 3.8) is 0 Å². The van der Waals surface area contributed by atoms with Crippen molar-refractivity contribution in [3.8, 4) is 0 Å². The molecule has 2 rings (SSSR count). The number of carbonyl (C=O) groups is 1. The zero-order valence-corrected chi connectivity index (χ0v) is 12.8. The van der Waals surface area contributed by atoms with E-state index in [1.165, 1.54) is 11.8 Å². The van der Waals surface area contributed by atoms with Crippen LogP contribution in [-0.2, 0) is 4.79 Å². The molecule has 1 amide bonds. The van der Waals surface area contributed by atoms with Gasteiger partial charge in [-0.25, -0.2) is 0 Å². The van der Waals surface area contributed by atoms with Gasteiger partial charge in [-0.05, 0) is 42.7 Å². The highest BCUT2D eigenvalue weighted by Gasteiger charge is 2.06. The second-order valence-corrected chi connectivity index (χ2v) is 6.00. The highest BCUT2D eigenvalue weighted by atomic mass is 32.2. The maximum atomic E-state index is 12.0. The van der Waals surface area contributed by atoms with Gasteiger partial charge in [0.15, 0.2) is 0 Å². The lowest BCUT2D eigenvalue weighted by atomic mass is 10.3. The Morgan fingerprint density at radius 3 is 2.55 bits per heavy atom. The average molecular weight is 304 g/mol. The van der Waals surface area contributed by atoms with E-state index in [1.807, 2.05) is 54.8 Å². The lowest BCUT2D eigenvalue weighted by Gasteiger charge is -2.09. The minimum absolute atomic E-state index is 0.00618. The summed E-state index contributed by atoms with van der Waals surface area (Å²) in [6.45, 7) is 0. The van der Waals surface area contributed by atoms with E-state index in [4.69, 9.17) is 5.73 Å². The van der Waals surface area contributed by atoms with Crippen molar-refractivity contribution >= 4 is 40.8 Å². The Balaban J connectivity index is 1.91. The topological polar surface area (TPSA) is 55.1 Å². The second kappa shape index (κ2) is 7.26. The molecule has 0 saturated heterocycles. The molecule has 0 heterocycles. The Kier molecular flexibility index (Phi) is 5.38. The third-order valence-corrected chi connectivity index (χ3v) is 4.44. The lowest BCUT2D eigenvalue weighted by molar-refractivity contribution is -0.113. The molecule has 3 nitrogen and oxygen atoms in total. The summed E-state index contributed by atoms with van der Waals surface area (Å²) in [5.74, 6) is 0.375. The van der Waals surface area contributed by atoms with Crippen molar-refractivity contribution in [1.82, 2.24) is 0 Å². The fourth-order valence-corrected chi connectivity index (χ4v) is 2.90. The first-order valence-corrected chi connectivity index (χ1v) is 8.31. The summed E-state index contributed by atoms with van der Waals surface area (Å²) in [7, 11) is 0. The van der Waals surface area contributed by atoms with Gasteiger partial charge in [-0.15, -0.1) is 23.5 Å². The summed E-state index contributed by atoms with van der Waals surface area (Å²) >= 11 is 3.11. The normalized spacial score (nSPS) is 10.2. The summed E-state index contributed by atoms with van der Waals surface area (Å²) < 4.78 is 0. The van der Waals surface area contributed by atoms with E-state index >= 15 is 0 Å². The molecule has 0 radical (unpaired) electrons. The van der Waals surface area contributed by atoms with Crippen LogP contribution in [0.1, 0.15) is 0 Å². The van der Waals surface area contributed by atoms with Gasteiger partial charge < -0.3 is 11.1 Å². The highest BCUT2D eigenvalue weighted by molar-refractivity contribution is 8.00. The molecule has 2 aromatic rings. The average Bonchev–Trinajstić information content (AvgIpc) is 2.47. The highest BCUT2D eigenvalue weighted by Crippen LogP contribution is 2.25. The van der Waals surface area contributed by atoms with Crippen molar-refractivity contribution in [2.75, 3.05) is 23.1 Å². The Labute approximate surface area is 127 Å². The quantitative estimate of drug-likeness (QED) is 0.653. The monoisotopic (exact) mass is 304 g/mol. The first-order valence-electron chi connectivity index (χ1n) is 6.10. The lowest BCUT2D eigenvalue weighted by Crippen LogP contribution is -2.14. The molecule has 20 heavy (non-hydrogen) atoms. The van der Waals surface area contributed by atoms with E-state index in [2.05, 4.69) is 5.32 Å². The van der Waals surface area contributed by atoms with Crippen LogP contribution in [0.4, 0.5) is 11.4 Å². The molecular weight excluding hydrogens is 288 g/mol. The number of anilines is 2. The van der Waals surface area contributed by atoms with E-state index in [1.54, 1.807) is 11.8 Å². The van der Waals surface area contributed by atoms with E-state index < -0.39 is 0 Å². The molecule has 0 unspecified atom stereocenters. The maximum absolute atomic E-state index is 12.0. The minimum atomic E-state index is -0.00618. The van der Waals surface area contributed by atoms with Crippen LogP contribution in [0.2, 0.25) is 0 Å². The number of benzene rings is 2. The van der Waals surface area contributed by atoms with Crippen LogP contribution >= 0.6 is 23.5 Å². The summed E-state index contributed by atoms with van der Waals surface area (Å²) in [6, 6.07) is 15.3. The first-order chi connectivity index (χ1) is 9.69. The molecule has 0 aliphatic rings. The Hall–Kier alpha value is -1.59. The van der Waals surface area contributed by atoms with Gasteiger partial charge in [0.25, 0.3) is 0 Å². The summed E-state index contributed by atoms with van der Waals surface area (Å²) in [5.41, 5.74) is 7.22. The molecule has 0 aliphatic heterocycles. The molecule has 0 atom stereocenters. The molecule has 0 saturated carbocycles. The summed E-state index contributed by atoms with van der Waals surface area (Å²) in [4.78, 5) is 14.1. The zero-order chi connectivity index (χ0) is 14.4. The third kappa shape index (κ3) is 4.21. The van der Waals surface area contributed by atoms with Crippen molar-refractivity contribution in [3.05, 3.63) is 48.5 Å². The number of amides is 1. The standard InChI is InChI=1S/C15H16N2OS2/c1-19-14-5-3-2-4-13(14)17-15(18)10-20-12-8-6-11(16)7-9-12/h2-9H,10,16H2,1H3,(H,17,18). The van der Waals surface area contributed by atoms with Gasteiger partial charge in [-0.2, -0.15) is 0 Å². The van der Waals surface area contributed by atoms with Crippen molar-refractivity contribution in [1.29, 1.82) is 0 Å². The third-order valence-electron chi connectivity index (χ3n) is 2.63. The Morgan fingerprint density at radius 2 is 1.85 bits per heavy atom. The predicted octanol–water partition coefficient (Wildman–Crippen LogP) is 3.72. The number of nitrogens with two attached hydrogens (primary N) is 1. The van der Waals surface area contributed by atoms with Gasteiger partial charge in [-0.1, -0.05) is 12.1 Å². The fourth-order valence-electron chi connectivity index (χ4n) is 1.65. The van der Waals surface area contributed by atoms with Gasteiger partial charge in [0, 0.05) is 15.5 Å². The second-order valence-electron chi connectivity index (χ2n) is 4.11. The fraction of sp³-hybridized carbons (Fsp3) is 0.133. The van der Waals surface area contributed by atoms with Crippen LogP contribution in [0, 0.1) is 0 Å². The number of thioether (sulfide) groups is 2. The summed E-state index contributed by atoms with van der Waals surface area (Å²) in [5, 5.41) is 2.94. The predicted molar refractivity (Wildman–Crippen MR) is 88.4 cm³/mol. The molecule has 104 valence electrons. The van der Waals surface area contributed by atoms with Crippen LogP contribution in [0.3, 0.4) is 0 Å². The minimum Gasteiger partial charge on any atom is -0.399 e. The molecule has 0 bridgehead atoms. The van der Waals surface area contributed by atoms with Crippen molar-refractivity contribution < 1.29 is 4.79 Å². The van der Waals surface area contributed by atoms with E-state index in [0.29, 0.717) is 5.75 Å². The smallest absolute Gasteiger partial charge is 0.234 e. The number of hydrogen-bond donors (Lipinski definition) is 2. The van der Waals surface area contributed by atoms with Crippen LogP contribution in [-0.4, -0.2) is 17.9 Å². The van der Waals surface area contributed by atoms with Crippen LogP contribution in [0.25, 0.3) is 0 Å². The largest absolute Gasteiger partial charge is 0.399 e. The van der Waals surface area contributed by atoms with Gasteiger partial charge in [0.05, 0.1) is 11.4 Å². The molecule has 0 aromatic heterocycles. The zero-order valence-electron chi connectivity index (χ0n) is 11.1. The molecule has 2 aromatic carbocycles.